The van der Waals surface area contributed by atoms with Crippen LogP contribution in [0.15, 0.2) is 59.6 Å². The van der Waals surface area contributed by atoms with Gasteiger partial charge in [0, 0.05) is 18.8 Å². The number of rotatable bonds is 7. The predicted octanol–water partition coefficient (Wildman–Crippen LogP) is 5.83. The highest BCUT2D eigenvalue weighted by Gasteiger charge is 2.50. The van der Waals surface area contributed by atoms with Crippen molar-refractivity contribution in [1.29, 1.82) is 0 Å². The molecule has 0 heterocycles. The number of halogens is 3. The first-order chi connectivity index (χ1) is 18.5. The normalized spacial score (nSPS) is 25.4. The zero-order valence-corrected chi connectivity index (χ0v) is 21.6. The number of guanidine groups is 1. The number of aliphatic imine (C=N–C) groups is 1. The number of carbonyl (C=O) groups is 2. The number of hydrogen-bond acceptors (Lipinski definition) is 3. The number of alkyl halides is 3. The summed E-state index contributed by atoms with van der Waals surface area (Å²) in [5.74, 6) is -0.118. The van der Waals surface area contributed by atoms with E-state index in [2.05, 4.69) is 34.9 Å². The van der Waals surface area contributed by atoms with Crippen LogP contribution in [-0.2, 0) is 11.2 Å². The molecule has 4 fully saturated rings. The maximum Gasteiger partial charge on any atom is 0.490 e. The van der Waals surface area contributed by atoms with Gasteiger partial charge in [0.05, 0.1) is 5.56 Å². The second kappa shape index (κ2) is 12.1. The molecule has 0 saturated heterocycles. The summed E-state index contributed by atoms with van der Waals surface area (Å²) in [5.41, 5.74) is 2.83. The van der Waals surface area contributed by atoms with Gasteiger partial charge >= 0.3 is 18.1 Å². The van der Waals surface area contributed by atoms with Gasteiger partial charge in [0.2, 0.25) is 0 Å². The zero-order chi connectivity index (χ0) is 28.0. The molecule has 0 aromatic heterocycles. The molecule has 4 N–H and O–H groups in total. The number of aliphatic carboxylic acids is 1. The molecule has 0 amide bonds. The number of carboxylic acids is 2. The van der Waals surface area contributed by atoms with E-state index in [0.29, 0.717) is 11.0 Å². The molecule has 4 saturated carbocycles. The van der Waals surface area contributed by atoms with Crippen molar-refractivity contribution in [3.8, 4) is 0 Å². The molecule has 6 rings (SSSR count). The topological polar surface area (TPSA) is 111 Å². The minimum atomic E-state index is -5.08. The first kappa shape index (κ1) is 28.4. The van der Waals surface area contributed by atoms with Crippen molar-refractivity contribution in [1.82, 2.24) is 5.32 Å². The summed E-state index contributed by atoms with van der Waals surface area (Å²) in [5, 5.41) is 23.2. The van der Waals surface area contributed by atoms with E-state index in [1.54, 1.807) is 12.1 Å². The van der Waals surface area contributed by atoms with Crippen LogP contribution in [0.3, 0.4) is 0 Å². The molecule has 4 bridgehead atoms. The molecule has 39 heavy (non-hydrogen) atoms. The van der Waals surface area contributed by atoms with Crippen LogP contribution in [-0.4, -0.2) is 47.4 Å². The van der Waals surface area contributed by atoms with E-state index >= 15 is 0 Å². The quantitative estimate of drug-likeness (QED) is 0.257. The van der Waals surface area contributed by atoms with Gasteiger partial charge in [-0.05, 0) is 97.9 Å². The minimum absolute atomic E-state index is 0.291. The lowest BCUT2D eigenvalue weighted by molar-refractivity contribution is -0.192. The Kier molecular flexibility index (Phi) is 8.82. The fourth-order valence-electron chi connectivity index (χ4n) is 6.67. The largest absolute Gasteiger partial charge is 0.490 e. The molecule has 210 valence electrons. The SMILES string of the molecule is O=C(O)C(F)(F)F.O=C(O)c1ccc(NC(=NCC23CC4CC(CC(C4)C2)C3)NCCc2ccccc2)cc1. The van der Waals surface area contributed by atoms with Gasteiger partial charge in [0.1, 0.15) is 0 Å². The van der Waals surface area contributed by atoms with E-state index in [4.69, 9.17) is 20.0 Å². The van der Waals surface area contributed by atoms with Crippen LogP contribution >= 0.6 is 0 Å². The summed E-state index contributed by atoms with van der Waals surface area (Å²) in [6.07, 6.45) is 4.20. The average molecular weight is 546 g/mol. The summed E-state index contributed by atoms with van der Waals surface area (Å²) in [7, 11) is 0. The van der Waals surface area contributed by atoms with Crippen molar-refractivity contribution in [3.63, 3.8) is 0 Å². The maximum atomic E-state index is 11.2. The molecule has 4 aliphatic rings. The Morgan fingerprint density at radius 1 is 0.897 bits per heavy atom. The monoisotopic (exact) mass is 545 g/mol. The van der Waals surface area contributed by atoms with Gasteiger partial charge in [-0.3, -0.25) is 4.99 Å². The first-order valence-electron chi connectivity index (χ1n) is 13.2. The number of anilines is 1. The number of carboxylic acid groups (broad SMARTS) is 2. The first-order valence-corrected chi connectivity index (χ1v) is 13.2. The number of benzene rings is 2. The third-order valence-corrected chi connectivity index (χ3v) is 7.92. The molecule has 0 atom stereocenters. The fourth-order valence-corrected chi connectivity index (χ4v) is 6.67. The Morgan fingerprint density at radius 2 is 1.44 bits per heavy atom. The second-order valence-corrected chi connectivity index (χ2v) is 11.1. The summed E-state index contributed by atoms with van der Waals surface area (Å²) in [6.45, 7) is 1.67. The third-order valence-electron chi connectivity index (χ3n) is 7.92. The van der Waals surface area contributed by atoms with Gasteiger partial charge in [0.15, 0.2) is 5.96 Å². The summed E-state index contributed by atoms with van der Waals surface area (Å²) < 4.78 is 31.7. The van der Waals surface area contributed by atoms with Crippen LogP contribution in [0, 0.1) is 23.2 Å². The van der Waals surface area contributed by atoms with Crippen LogP contribution < -0.4 is 10.6 Å². The molecule has 0 aliphatic heterocycles. The Balaban J connectivity index is 0.000000448. The number of nitrogens with one attached hydrogen (secondary N) is 2. The lowest BCUT2D eigenvalue weighted by Gasteiger charge is -2.56. The van der Waals surface area contributed by atoms with E-state index in [-0.39, 0.29) is 0 Å². The molecule has 2 aromatic rings. The highest BCUT2D eigenvalue weighted by Crippen LogP contribution is 2.60. The molecular formula is C29H34F3N3O4. The van der Waals surface area contributed by atoms with Crippen molar-refractivity contribution < 1.29 is 33.0 Å². The third kappa shape index (κ3) is 7.97. The highest BCUT2D eigenvalue weighted by molar-refractivity contribution is 5.94. The second-order valence-electron chi connectivity index (χ2n) is 11.1. The van der Waals surface area contributed by atoms with Crippen LogP contribution in [0.1, 0.15) is 54.4 Å². The van der Waals surface area contributed by atoms with E-state index < -0.39 is 18.1 Å². The van der Waals surface area contributed by atoms with E-state index in [1.165, 1.54) is 44.1 Å². The van der Waals surface area contributed by atoms with E-state index in [0.717, 1.165) is 48.9 Å². The van der Waals surface area contributed by atoms with Crippen LogP contribution in [0.5, 0.6) is 0 Å². The van der Waals surface area contributed by atoms with Gasteiger partial charge in [-0.1, -0.05) is 30.3 Å². The van der Waals surface area contributed by atoms with Crippen molar-refractivity contribution in [2.45, 2.75) is 51.1 Å². The van der Waals surface area contributed by atoms with Gasteiger partial charge in [-0.25, -0.2) is 9.59 Å². The average Bonchev–Trinajstić information content (AvgIpc) is 2.87. The van der Waals surface area contributed by atoms with Crippen molar-refractivity contribution >= 4 is 23.6 Å². The molecular weight excluding hydrogens is 511 g/mol. The molecule has 2 aromatic carbocycles. The van der Waals surface area contributed by atoms with Gasteiger partial charge in [-0.15, -0.1) is 0 Å². The van der Waals surface area contributed by atoms with Gasteiger partial charge < -0.3 is 20.8 Å². The molecule has 10 heteroatoms. The van der Waals surface area contributed by atoms with Crippen molar-refractivity contribution in [2.24, 2.45) is 28.2 Å². The Labute approximate surface area is 225 Å². The molecule has 0 radical (unpaired) electrons. The predicted molar refractivity (Wildman–Crippen MR) is 142 cm³/mol. The number of nitrogens with zero attached hydrogens (tertiary/aromatic N) is 1. The fraction of sp³-hybridized carbons (Fsp3) is 0.483. The molecule has 7 nitrogen and oxygen atoms in total. The minimum Gasteiger partial charge on any atom is -0.478 e. The van der Waals surface area contributed by atoms with Crippen LogP contribution in [0.4, 0.5) is 18.9 Å². The Hall–Kier alpha value is -3.56. The summed E-state index contributed by atoms with van der Waals surface area (Å²) in [4.78, 5) is 25.1. The van der Waals surface area contributed by atoms with E-state index in [9.17, 15) is 18.0 Å². The molecule has 0 spiro atoms. The van der Waals surface area contributed by atoms with E-state index in [1.807, 2.05) is 18.2 Å². The van der Waals surface area contributed by atoms with Crippen LogP contribution in [0.2, 0.25) is 0 Å². The summed E-state index contributed by atoms with van der Waals surface area (Å²) >= 11 is 0. The number of aromatic carboxylic acids is 1. The Bertz CT molecular complexity index is 1130. The lowest BCUT2D eigenvalue weighted by atomic mass is 9.49. The van der Waals surface area contributed by atoms with Crippen LogP contribution in [0.25, 0.3) is 0 Å². The summed E-state index contributed by atoms with van der Waals surface area (Å²) in [6, 6.07) is 17.3. The van der Waals surface area contributed by atoms with Crippen molar-refractivity contribution in [2.75, 3.05) is 18.4 Å². The lowest BCUT2D eigenvalue weighted by Crippen LogP contribution is -2.48. The molecule has 4 aliphatic carbocycles. The number of hydrogen-bond donors (Lipinski definition) is 4. The van der Waals surface area contributed by atoms with Crippen molar-refractivity contribution in [3.05, 3.63) is 65.7 Å². The highest BCUT2D eigenvalue weighted by atomic mass is 19.4. The van der Waals surface area contributed by atoms with Gasteiger partial charge in [-0.2, -0.15) is 13.2 Å². The smallest absolute Gasteiger partial charge is 0.478 e. The zero-order valence-electron chi connectivity index (χ0n) is 21.6. The molecule has 0 unspecified atom stereocenters. The maximum absolute atomic E-state index is 11.2. The Morgan fingerprint density at radius 3 is 1.92 bits per heavy atom. The van der Waals surface area contributed by atoms with Gasteiger partial charge in [0.25, 0.3) is 0 Å². The standard InChI is InChI=1S/C27H33N3O2.C2HF3O2/c31-25(32)23-6-8-24(9-7-23)30-26(28-11-10-19-4-2-1-3-5-19)29-18-27-15-20-12-21(16-27)14-22(13-20)17-27;3-2(4,5)1(6)7/h1-9,20-22H,10-18H2,(H,31,32)(H2,28,29,30);(H,6,7).